The van der Waals surface area contributed by atoms with Crippen molar-refractivity contribution in [1.82, 2.24) is 0 Å². The number of aromatic hydroxyl groups is 1. The number of hydrogen-bond acceptors (Lipinski definition) is 2. The number of carbonyl (C=O) groups is 1. The summed E-state index contributed by atoms with van der Waals surface area (Å²) in [5.74, 6) is 0.702. The van der Waals surface area contributed by atoms with E-state index in [2.05, 4.69) is 5.32 Å². The Balaban J connectivity index is 1.99. The number of amides is 1. The van der Waals surface area contributed by atoms with E-state index in [0.717, 1.165) is 18.4 Å². The van der Waals surface area contributed by atoms with E-state index in [0.29, 0.717) is 18.0 Å². The van der Waals surface area contributed by atoms with Gasteiger partial charge in [-0.2, -0.15) is 0 Å². The summed E-state index contributed by atoms with van der Waals surface area (Å²) in [6, 6.07) is 5.24. The number of phenolic OH excluding ortho intramolecular Hbond substituents is 1. The van der Waals surface area contributed by atoms with E-state index in [-0.39, 0.29) is 11.7 Å². The van der Waals surface area contributed by atoms with Crippen LogP contribution in [-0.4, -0.2) is 11.0 Å². The second-order valence-electron chi connectivity index (χ2n) is 4.22. The molecule has 2 N–H and O–H groups in total. The predicted molar refractivity (Wildman–Crippen MR) is 58.8 cm³/mol. The Bertz CT molecular complexity index is 383. The maximum atomic E-state index is 11.5. The third-order valence-electron chi connectivity index (χ3n) is 2.60. The molecule has 0 radical (unpaired) electrons. The zero-order valence-electron chi connectivity index (χ0n) is 8.79. The number of carbonyl (C=O) groups excluding carboxylic acids is 1. The van der Waals surface area contributed by atoms with Crippen molar-refractivity contribution in [2.45, 2.75) is 26.2 Å². The fourth-order valence-corrected chi connectivity index (χ4v) is 1.53. The van der Waals surface area contributed by atoms with Crippen molar-refractivity contribution in [3.8, 4) is 5.75 Å². The van der Waals surface area contributed by atoms with Crippen molar-refractivity contribution in [3.05, 3.63) is 23.8 Å². The van der Waals surface area contributed by atoms with Crippen LogP contribution in [0.5, 0.6) is 5.75 Å². The molecule has 0 heterocycles. The molecule has 1 fully saturated rings. The molecule has 3 nitrogen and oxygen atoms in total. The predicted octanol–water partition coefficient (Wildman–Crippen LogP) is 2.44. The van der Waals surface area contributed by atoms with Gasteiger partial charge in [-0.25, -0.2) is 0 Å². The molecule has 0 atom stereocenters. The van der Waals surface area contributed by atoms with E-state index >= 15 is 0 Å². The fourth-order valence-electron chi connectivity index (χ4n) is 1.53. The Morgan fingerprint density at radius 1 is 1.53 bits per heavy atom. The second-order valence-corrected chi connectivity index (χ2v) is 4.22. The SMILES string of the molecule is Cc1ccc(NC(=O)CC2CC2)c(O)c1. The molecule has 0 unspecified atom stereocenters. The average Bonchev–Trinajstić information content (AvgIpc) is 2.94. The highest BCUT2D eigenvalue weighted by molar-refractivity contribution is 5.92. The van der Waals surface area contributed by atoms with Crippen LogP contribution in [0.25, 0.3) is 0 Å². The van der Waals surface area contributed by atoms with Crippen LogP contribution in [-0.2, 0) is 4.79 Å². The summed E-state index contributed by atoms with van der Waals surface area (Å²) in [4.78, 5) is 11.5. The maximum absolute atomic E-state index is 11.5. The Hall–Kier alpha value is -1.51. The van der Waals surface area contributed by atoms with Gasteiger partial charge in [0.25, 0.3) is 0 Å². The van der Waals surface area contributed by atoms with E-state index in [9.17, 15) is 9.90 Å². The number of nitrogens with one attached hydrogen (secondary N) is 1. The molecule has 1 aliphatic carbocycles. The minimum Gasteiger partial charge on any atom is -0.506 e. The van der Waals surface area contributed by atoms with Gasteiger partial charge in [-0.3, -0.25) is 4.79 Å². The number of aryl methyl sites for hydroxylation is 1. The smallest absolute Gasteiger partial charge is 0.224 e. The lowest BCUT2D eigenvalue weighted by Gasteiger charge is -2.07. The lowest BCUT2D eigenvalue weighted by atomic mass is 10.2. The van der Waals surface area contributed by atoms with Crippen LogP contribution in [0.1, 0.15) is 24.8 Å². The molecule has 0 aromatic heterocycles. The third-order valence-corrected chi connectivity index (χ3v) is 2.60. The number of anilines is 1. The monoisotopic (exact) mass is 205 g/mol. The zero-order valence-corrected chi connectivity index (χ0v) is 8.79. The number of hydrogen-bond donors (Lipinski definition) is 2. The van der Waals surface area contributed by atoms with Gasteiger partial charge in [0.1, 0.15) is 5.75 Å². The van der Waals surface area contributed by atoms with Gasteiger partial charge in [-0.15, -0.1) is 0 Å². The van der Waals surface area contributed by atoms with Crippen LogP contribution in [0.15, 0.2) is 18.2 Å². The minimum atomic E-state index is -0.00310. The second kappa shape index (κ2) is 3.93. The normalized spacial score (nSPS) is 15.0. The van der Waals surface area contributed by atoms with Crippen LogP contribution in [0.4, 0.5) is 5.69 Å². The van der Waals surface area contributed by atoms with Crippen molar-refractivity contribution < 1.29 is 9.90 Å². The van der Waals surface area contributed by atoms with Gasteiger partial charge in [0.2, 0.25) is 5.91 Å². The first-order valence-electron chi connectivity index (χ1n) is 5.24. The molecule has 80 valence electrons. The fraction of sp³-hybridized carbons (Fsp3) is 0.417. The number of phenols is 1. The Morgan fingerprint density at radius 3 is 2.87 bits per heavy atom. The molecule has 1 aromatic carbocycles. The van der Waals surface area contributed by atoms with Crippen LogP contribution >= 0.6 is 0 Å². The van der Waals surface area contributed by atoms with Gasteiger partial charge >= 0.3 is 0 Å². The lowest BCUT2D eigenvalue weighted by Crippen LogP contribution is -2.11. The van der Waals surface area contributed by atoms with Crippen molar-refractivity contribution in [3.63, 3.8) is 0 Å². The largest absolute Gasteiger partial charge is 0.506 e. The summed E-state index contributed by atoms with van der Waals surface area (Å²) in [7, 11) is 0. The Kier molecular flexibility index (Phi) is 2.62. The van der Waals surface area contributed by atoms with Crippen molar-refractivity contribution in [2.24, 2.45) is 5.92 Å². The van der Waals surface area contributed by atoms with Crippen molar-refractivity contribution >= 4 is 11.6 Å². The molecule has 1 aromatic rings. The molecule has 0 spiro atoms. The molecular formula is C12H15NO2. The van der Waals surface area contributed by atoms with Crippen molar-refractivity contribution in [2.75, 3.05) is 5.32 Å². The highest BCUT2D eigenvalue weighted by Crippen LogP contribution is 2.33. The molecule has 2 rings (SSSR count). The van der Waals surface area contributed by atoms with Crippen LogP contribution in [0.2, 0.25) is 0 Å². The van der Waals surface area contributed by atoms with Gasteiger partial charge < -0.3 is 10.4 Å². The first-order chi connectivity index (χ1) is 7.15. The van der Waals surface area contributed by atoms with Crippen molar-refractivity contribution in [1.29, 1.82) is 0 Å². The summed E-state index contributed by atoms with van der Waals surface area (Å²) in [5, 5.41) is 12.3. The van der Waals surface area contributed by atoms with Gasteiger partial charge in [-0.05, 0) is 43.4 Å². The van der Waals surface area contributed by atoms with Gasteiger partial charge in [0.15, 0.2) is 0 Å². The van der Waals surface area contributed by atoms with Gasteiger partial charge in [0, 0.05) is 6.42 Å². The van der Waals surface area contributed by atoms with E-state index in [1.807, 2.05) is 13.0 Å². The summed E-state index contributed by atoms with van der Waals surface area (Å²) in [6.45, 7) is 1.90. The number of rotatable bonds is 3. The minimum absolute atomic E-state index is 0.00310. The molecular weight excluding hydrogens is 190 g/mol. The molecule has 0 saturated heterocycles. The Morgan fingerprint density at radius 2 is 2.27 bits per heavy atom. The third kappa shape index (κ3) is 2.72. The van der Waals surface area contributed by atoms with Crippen LogP contribution < -0.4 is 5.32 Å². The first kappa shape index (κ1) is 10.0. The maximum Gasteiger partial charge on any atom is 0.224 e. The summed E-state index contributed by atoms with van der Waals surface area (Å²) < 4.78 is 0. The zero-order chi connectivity index (χ0) is 10.8. The molecule has 3 heteroatoms. The van der Waals surface area contributed by atoms with E-state index in [1.54, 1.807) is 12.1 Å². The number of benzene rings is 1. The molecule has 1 saturated carbocycles. The standard InChI is InChI=1S/C12H15NO2/c1-8-2-5-10(11(14)6-8)13-12(15)7-9-3-4-9/h2,5-6,9,14H,3-4,7H2,1H3,(H,13,15). The van der Waals surface area contributed by atoms with Gasteiger partial charge in [-0.1, -0.05) is 6.07 Å². The topological polar surface area (TPSA) is 49.3 Å². The summed E-state index contributed by atoms with van der Waals surface area (Å²) in [6.07, 6.45) is 2.90. The summed E-state index contributed by atoms with van der Waals surface area (Å²) in [5.41, 5.74) is 1.49. The summed E-state index contributed by atoms with van der Waals surface area (Å²) >= 11 is 0. The molecule has 1 amide bonds. The molecule has 15 heavy (non-hydrogen) atoms. The van der Waals surface area contributed by atoms with E-state index in [1.165, 1.54) is 0 Å². The first-order valence-corrected chi connectivity index (χ1v) is 5.24. The Labute approximate surface area is 89.1 Å². The lowest BCUT2D eigenvalue weighted by molar-refractivity contribution is -0.116. The molecule has 0 bridgehead atoms. The van der Waals surface area contributed by atoms with E-state index < -0.39 is 0 Å². The highest BCUT2D eigenvalue weighted by atomic mass is 16.3. The average molecular weight is 205 g/mol. The molecule has 0 aliphatic heterocycles. The quantitative estimate of drug-likeness (QED) is 0.744. The van der Waals surface area contributed by atoms with E-state index in [4.69, 9.17) is 0 Å². The highest BCUT2D eigenvalue weighted by Gasteiger charge is 2.24. The van der Waals surface area contributed by atoms with Crippen LogP contribution in [0.3, 0.4) is 0 Å². The van der Waals surface area contributed by atoms with Gasteiger partial charge in [0.05, 0.1) is 5.69 Å². The van der Waals surface area contributed by atoms with Crippen LogP contribution in [0, 0.1) is 12.8 Å². The molecule has 1 aliphatic rings.